The molecule has 2 rings (SSSR count). The molecule has 0 fully saturated rings. The van der Waals surface area contributed by atoms with E-state index in [4.69, 9.17) is 4.74 Å². The van der Waals surface area contributed by atoms with E-state index >= 15 is 0 Å². The normalized spacial score (nSPS) is 10.3. The number of hydrogen-bond donors (Lipinski definition) is 2. The maximum atomic E-state index is 12.6. The van der Waals surface area contributed by atoms with Gasteiger partial charge in [-0.15, -0.1) is 11.3 Å². The molecule has 11 heteroatoms. The first-order valence-electron chi connectivity index (χ1n) is 8.97. The van der Waals surface area contributed by atoms with Crippen LogP contribution in [0.2, 0.25) is 0 Å². The first kappa shape index (κ1) is 22.8. The Balaban J connectivity index is 2.41. The van der Waals surface area contributed by atoms with Crippen LogP contribution in [-0.2, 0) is 16.1 Å². The van der Waals surface area contributed by atoms with Gasteiger partial charge >= 0.3 is 5.97 Å². The first-order valence-corrected chi connectivity index (χ1v) is 9.78. The Morgan fingerprint density at radius 2 is 1.90 bits per heavy atom. The third-order valence-electron chi connectivity index (χ3n) is 4.35. The van der Waals surface area contributed by atoms with E-state index < -0.39 is 29.9 Å². The van der Waals surface area contributed by atoms with Crippen LogP contribution in [0.5, 0.6) is 0 Å². The molecule has 2 heterocycles. The van der Waals surface area contributed by atoms with Crippen molar-refractivity contribution in [2.24, 2.45) is 0 Å². The van der Waals surface area contributed by atoms with Crippen LogP contribution in [0.4, 0.5) is 5.00 Å². The summed E-state index contributed by atoms with van der Waals surface area (Å²) in [6, 6.07) is 1.83. The summed E-state index contributed by atoms with van der Waals surface area (Å²) in [5.41, 5.74) is 0.576. The second-order valence-corrected chi connectivity index (χ2v) is 7.29. The number of thiophene rings is 1. The Bertz CT molecular complexity index is 1130. The van der Waals surface area contributed by atoms with Crippen molar-refractivity contribution in [3.8, 4) is 6.07 Å². The minimum Gasteiger partial charge on any atom is -0.462 e. The average Bonchev–Trinajstić information content (AvgIpc) is 3.01. The summed E-state index contributed by atoms with van der Waals surface area (Å²) >= 11 is 0.924. The molecule has 0 aliphatic rings. The number of amides is 2. The molecule has 0 radical (unpaired) electrons. The Kier molecular flexibility index (Phi) is 7.07. The minimum absolute atomic E-state index is 0.0758. The monoisotopic (exact) mass is 431 g/mol. The van der Waals surface area contributed by atoms with Gasteiger partial charge in [-0.05, 0) is 38.8 Å². The largest absolute Gasteiger partial charge is 0.462 e. The number of aromatic nitrogens is 2. The number of nitrogens with one attached hydrogen (secondary N) is 2. The number of nitrogens with zero attached hydrogens (tertiary/aromatic N) is 3. The number of nitriles is 1. The van der Waals surface area contributed by atoms with Crippen molar-refractivity contribution in [3.05, 3.63) is 43.2 Å². The lowest BCUT2D eigenvalue weighted by Crippen LogP contribution is -2.32. The van der Waals surface area contributed by atoms with Gasteiger partial charge in [0.05, 0.1) is 22.7 Å². The molecule has 0 aromatic carbocycles. The van der Waals surface area contributed by atoms with Gasteiger partial charge in [0.15, 0.2) is 0 Å². The summed E-state index contributed by atoms with van der Waals surface area (Å²) in [6.45, 7) is 6.10. The minimum atomic E-state index is -0.685. The molecule has 2 aromatic heterocycles. The van der Waals surface area contributed by atoms with Crippen LogP contribution >= 0.6 is 11.3 Å². The summed E-state index contributed by atoms with van der Waals surface area (Å²) < 4.78 is 5.92. The van der Waals surface area contributed by atoms with Crippen molar-refractivity contribution < 1.29 is 19.1 Å². The van der Waals surface area contributed by atoms with Crippen LogP contribution in [0.15, 0.2) is 4.79 Å². The topological polar surface area (TPSA) is 143 Å². The van der Waals surface area contributed by atoms with Gasteiger partial charge in [0.25, 0.3) is 11.5 Å². The molecular weight excluding hydrogens is 410 g/mol. The predicted octanol–water partition coefficient (Wildman–Crippen LogP) is 1.28. The highest BCUT2D eigenvalue weighted by Gasteiger charge is 2.26. The molecule has 0 spiro atoms. The van der Waals surface area contributed by atoms with E-state index in [0.29, 0.717) is 16.8 Å². The van der Waals surface area contributed by atoms with Gasteiger partial charge in [0.2, 0.25) is 5.91 Å². The fourth-order valence-corrected chi connectivity index (χ4v) is 3.85. The lowest BCUT2D eigenvalue weighted by atomic mass is 10.1. The zero-order chi connectivity index (χ0) is 22.6. The molecule has 2 N–H and O–H groups in total. The maximum absolute atomic E-state index is 12.6. The molecule has 0 aliphatic heterocycles. The van der Waals surface area contributed by atoms with Gasteiger partial charge in [-0.1, -0.05) is 0 Å². The van der Waals surface area contributed by atoms with Crippen LogP contribution in [0.3, 0.4) is 0 Å². The van der Waals surface area contributed by atoms with Gasteiger partial charge in [-0.3, -0.25) is 14.4 Å². The zero-order valence-corrected chi connectivity index (χ0v) is 18.0. The Morgan fingerprint density at radius 3 is 2.47 bits per heavy atom. The number of esters is 1. The van der Waals surface area contributed by atoms with E-state index in [1.807, 2.05) is 6.07 Å². The number of rotatable bonds is 6. The molecule has 0 atom stereocenters. The van der Waals surface area contributed by atoms with Crippen LogP contribution in [-0.4, -0.2) is 41.2 Å². The fourth-order valence-electron chi connectivity index (χ4n) is 2.69. The van der Waals surface area contributed by atoms with E-state index in [2.05, 4.69) is 15.7 Å². The fraction of sp³-hybridized carbons (Fsp3) is 0.368. The van der Waals surface area contributed by atoms with E-state index in [1.165, 1.54) is 7.05 Å². The Hall–Kier alpha value is -3.52. The number of carbonyl (C=O) groups is 3. The van der Waals surface area contributed by atoms with Crippen molar-refractivity contribution in [1.82, 2.24) is 15.1 Å². The number of anilines is 1. The van der Waals surface area contributed by atoms with Crippen LogP contribution in [0.1, 0.15) is 49.3 Å². The molecular formula is C19H21N5O5S. The molecule has 2 aromatic rings. The van der Waals surface area contributed by atoms with Crippen molar-refractivity contribution in [3.63, 3.8) is 0 Å². The second kappa shape index (κ2) is 9.32. The molecule has 158 valence electrons. The third-order valence-corrected chi connectivity index (χ3v) is 5.56. The third kappa shape index (κ3) is 4.38. The SMILES string of the molecule is CCOC(=O)c1c(NC(=O)Cn2nc(C)c(C)c(C#N)c2=O)sc(C(=O)NC)c1C. The molecule has 0 bridgehead atoms. The van der Waals surface area contributed by atoms with Crippen molar-refractivity contribution in [2.45, 2.75) is 34.2 Å². The standard InChI is InChI=1S/C19H21N5O5S/c1-6-29-19(28)14-10(3)15(16(26)21-5)30-17(14)22-13(25)8-24-18(27)12(7-20)9(2)11(4)23-24/h6,8H2,1-5H3,(H,21,26)(H,22,25). The van der Waals surface area contributed by atoms with Crippen molar-refractivity contribution in [1.29, 1.82) is 5.26 Å². The maximum Gasteiger partial charge on any atom is 0.341 e. The predicted molar refractivity (Wildman–Crippen MR) is 110 cm³/mol. The van der Waals surface area contributed by atoms with Gasteiger partial charge in [-0.2, -0.15) is 10.4 Å². The highest BCUT2D eigenvalue weighted by atomic mass is 32.1. The van der Waals surface area contributed by atoms with E-state index in [1.54, 1.807) is 27.7 Å². The average molecular weight is 431 g/mol. The second-order valence-electron chi connectivity index (χ2n) is 6.27. The highest BCUT2D eigenvalue weighted by molar-refractivity contribution is 7.18. The number of aryl methyl sites for hydroxylation is 1. The number of carbonyl (C=O) groups excluding carboxylic acids is 3. The van der Waals surface area contributed by atoms with E-state index in [0.717, 1.165) is 16.0 Å². The van der Waals surface area contributed by atoms with Crippen LogP contribution in [0.25, 0.3) is 0 Å². The van der Waals surface area contributed by atoms with Crippen molar-refractivity contribution in [2.75, 3.05) is 19.0 Å². The molecule has 0 aliphatic carbocycles. The van der Waals surface area contributed by atoms with Gasteiger partial charge in [0.1, 0.15) is 23.2 Å². The van der Waals surface area contributed by atoms with Crippen LogP contribution in [0, 0.1) is 32.1 Å². The van der Waals surface area contributed by atoms with Gasteiger partial charge in [-0.25, -0.2) is 9.48 Å². The Morgan fingerprint density at radius 1 is 1.23 bits per heavy atom. The van der Waals surface area contributed by atoms with Crippen molar-refractivity contribution >= 4 is 34.1 Å². The molecule has 2 amide bonds. The summed E-state index contributed by atoms with van der Waals surface area (Å²) in [7, 11) is 1.45. The Labute approximate surface area is 176 Å². The molecule has 10 nitrogen and oxygen atoms in total. The van der Waals surface area contributed by atoms with E-state index in [-0.39, 0.29) is 27.6 Å². The zero-order valence-electron chi connectivity index (χ0n) is 17.2. The quantitative estimate of drug-likeness (QED) is 0.656. The lowest BCUT2D eigenvalue weighted by Gasteiger charge is -2.10. The first-order chi connectivity index (χ1) is 14.2. The summed E-state index contributed by atoms with van der Waals surface area (Å²) in [6.07, 6.45) is 0. The molecule has 30 heavy (non-hydrogen) atoms. The molecule has 0 unspecified atom stereocenters. The molecule has 0 saturated carbocycles. The molecule has 0 saturated heterocycles. The van der Waals surface area contributed by atoms with Gasteiger partial charge in [0, 0.05) is 7.05 Å². The van der Waals surface area contributed by atoms with E-state index in [9.17, 15) is 24.4 Å². The summed E-state index contributed by atoms with van der Waals surface area (Å²) in [4.78, 5) is 49.7. The summed E-state index contributed by atoms with van der Waals surface area (Å²) in [5.74, 6) is -1.73. The number of hydrogen-bond acceptors (Lipinski definition) is 8. The summed E-state index contributed by atoms with van der Waals surface area (Å²) in [5, 5.41) is 18.4. The van der Waals surface area contributed by atoms with Gasteiger partial charge < -0.3 is 15.4 Å². The highest BCUT2D eigenvalue weighted by Crippen LogP contribution is 2.33. The lowest BCUT2D eigenvalue weighted by molar-refractivity contribution is -0.117. The number of ether oxygens (including phenoxy) is 1. The smallest absolute Gasteiger partial charge is 0.341 e. The van der Waals surface area contributed by atoms with Crippen LogP contribution < -0.4 is 16.2 Å².